The highest BCUT2D eigenvalue weighted by Crippen LogP contribution is 2.35. The molecule has 1 unspecified atom stereocenters. The van der Waals surface area contributed by atoms with Crippen LogP contribution in [0.3, 0.4) is 0 Å². The van der Waals surface area contributed by atoms with E-state index < -0.39 is 15.4 Å². The standard InChI is InChI=1S/C31H30OSSi2/c1-32-35(3,34(2,27-19-9-5-10-20-27)28-21-11-6-12-22-28)30-24-14-16-25-15-13-23-29(31(25)30)33-26-17-7-4-8-18-26/h4-24H,1-3H3. The molecule has 0 N–H and O–H groups in total. The van der Waals surface area contributed by atoms with Gasteiger partial charge in [-0.05, 0) is 40.7 Å². The zero-order valence-electron chi connectivity index (χ0n) is 20.4. The van der Waals surface area contributed by atoms with Crippen molar-refractivity contribution < 1.29 is 4.43 Å². The minimum absolute atomic E-state index is 1.25. The van der Waals surface area contributed by atoms with Crippen LogP contribution in [0.15, 0.2) is 137 Å². The molecule has 0 spiro atoms. The van der Waals surface area contributed by atoms with Gasteiger partial charge in [0.2, 0.25) is 7.83 Å². The molecule has 0 amide bonds. The summed E-state index contributed by atoms with van der Waals surface area (Å²) in [5.74, 6) is 0. The van der Waals surface area contributed by atoms with Crippen molar-refractivity contribution in [2.24, 2.45) is 0 Å². The smallest absolute Gasteiger partial charge is 0.217 e. The summed E-state index contributed by atoms with van der Waals surface area (Å²) in [4.78, 5) is 2.54. The Morgan fingerprint density at radius 2 is 1.09 bits per heavy atom. The number of rotatable bonds is 7. The van der Waals surface area contributed by atoms with Crippen LogP contribution in [-0.2, 0) is 4.43 Å². The van der Waals surface area contributed by atoms with E-state index in [2.05, 4.69) is 140 Å². The van der Waals surface area contributed by atoms with Gasteiger partial charge in [-0.15, -0.1) is 0 Å². The van der Waals surface area contributed by atoms with E-state index in [1.807, 2.05) is 18.9 Å². The Balaban J connectivity index is 1.79. The quantitative estimate of drug-likeness (QED) is 0.237. The zero-order valence-corrected chi connectivity index (χ0v) is 23.3. The Labute approximate surface area is 214 Å². The van der Waals surface area contributed by atoms with Gasteiger partial charge in [0.15, 0.2) is 0 Å². The Bertz CT molecular complexity index is 1380. The first-order valence-corrected chi connectivity index (χ1v) is 18.7. The summed E-state index contributed by atoms with van der Waals surface area (Å²) < 4.78 is 6.80. The SMILES string of the molecule is CO[Si](C)(c1cccc2cccc(Sc3ccccc3)c12)[Si](C)(c1ccccc1)c1ccccc1. The number of hydrogen-bond donors (Lipinski definition) is 0. The summed E-state index contributed by atoms with van der Waals surface area (Å²) in [6.07, 6.45) is 0. The van der Waals surface area contributed by atoms with Gasteiger partial charge in [0.1, 0.15) is 7.59 Å². The molecular formula is C31H30OSSi2. The van der Waals surface area contributed by atoms with Crippen molar-refractivity contribution in [3.63, 3.8) is 0 Å². The van der Waals surface area contributed by atoms with Gasteiger partial charge in [-0.2, -0.15) is 0 Å². The minimum atomic E-state index is -2.52. The lowest BCUT2D eigenvalue weighted by molar-refractivity contribution is 0.425. The van der Waals surface area contributed by atoms with Crippen LogP contribution in [0.2, 0.25) is 13.1 Å². The van der Waals surface area contributed by atoms with Crippen molar-refractivity contribution in [2.45, 2.75) is 22.9 Å². The number of fused-ring (bicyclic) bond motifs is 1. The lowest BCUT2D eigenvalue weighted by Gasteiger charge is -2.43. The van der Waals surface area contributed by atoms with E-state index in [-0.39, 0.29) is 0 Å². The van der Waals surface area contributed by atoms with Gasteiger partial charge in [-0.25, -0.2) is 0 Å². The molecule has 0 bridgehead atoms. The molecule has 0 saturated carbocycles. The average Bonchev–Trinajstić information content (AvgIpc) is 2.93. The first kappa shape index (κ1) is 23.8. The predicted octanol–water partition coefficient (Wildman–Crippen LogP) is 6.39. The third-order valence-corrected chi connectivity index (χ3v) is 24.5. The van der Waals surface area contributed by atoms with Crippen molar-refractivity contribution in [3.8, 4) is 0 Å². The molecule has 0 aromatic heterocycles. The summed E-state index contributed by atoms with van der Waals surface area (Å²) in [6.45, 7) is 4.96. The fraction of sp³-hybridized carbons (Fsp3) is 0.0968. The first-order chi connectivity index (χ1) is 17.1. The Kier molecular flexibility index (Phi) is 6.80. The van der Waals surface area contributed by atoms with E-state index in [1.165, 1.54) is 36.1 Å². The van der Waals surface area contributed by atoms with Crippen molar-refractivity contribution in [2.75, 3.05) is 7.11 Å². The molecule has 0 aliphatic rings. The highest BCUT2D eigenvalue weighted by atomic mass is 32.2. The third kappa shape index (κ3) is 4.21. The lowest BCUT2D eigenvalue weighted by atomic mass is 10.1. The molecule has 0 heterocycles. The van der Waals surface area contributed by atoms with E-state index in [1.54, 1.807) is 0 Å². The van der Waals surface area contributed by atoms with Crippen LogP contribution in [0.4, 0.5) is 0 Å². The third-order valence-electron chi connectivity index (χ3n) is 7.42. The van der Waals surface area contributed by atoms with Crippen LogP contribution < -0.4 is 15.6 Å². The fourth-order valence-corrected chi connectivity index (χ4v) is 19.6. The second-order valence-electron chi connectivity index (χ2n) is 9.17. The van der Waals surface area contributed by atoms with Crippen molar-refractivity contribution in [3.05, 3.63) is 127 Å². The Morgan fingerprint density at radius 1 is 0.571 bits per heavy atom. The second kappa shape index (κ2) is 10.00. The van der Waals surface area contributed by atoms with Gasteiger partial charge >= 0.3 is 0 Å². The summed E-state index contributed by atoms with van der Waals surface area (Å²) in [6, 6.07) is 46.3. The van der Waals surface area contributed by atoms with Gasteiger partial charge in [-0.1, -0.05) is 138 Å². The maximum Gasteiger partial charge on any atom is 0.217 e. The normalized spacial score (nSPS) is 13.5. The second-order valence-corrected chi connectivity index (χ2v) is 22.6. The van der Waals surface area contributed by atoms with E-state index >= 15 is 0 Å². The van der Waals surface area contributed by atoms with E-state index in [4.69, 9.17) is 4.43 Å². The van der Waals surface area contributed by atoms with Gasteiger partial charge in [-0.3, -0.25) is 0 Å². The predicted molar refractivity (Wildman–Crippen MR) is 157 cm³/mol. The molecule has 0 aliphatic carbocycles. The van der Waals surface area contributed by atoms with Crippen molar-refractivity contribution in [1.29, 1.82) is 0 Å². The molecule has 0 radical (unpaired) electrons. The van der Waals surface area contributed by atoms with E-state index in [9.17, 15) is 0 Å². The molecule has 0 aliphatic heterocycles. The van der Waals surface area contributed by atoms with Gasteiger partial charge < -0.3 is 4.43 Å². The van der Waals surface area contributed by atoms with Crippen LogP contribution >= 0.6 is 11.8 Å². The Morgan fingerprint density at radius 3 is 1.63 bits per heavy atom. The minimum Gasteiger partial charge on any atom is -0.418 e. The summed E-state index contributed by atoms with van der Waals surface area (Å²) >= 11 is 1.84. The van der Waals surface area contributed by atoms with Gasteiger partial charge in [0.05, 0.1) is 0 Å². The maximum atomic E-state index is 6.80. The van der Waals surface area contributed by atoms with Crippen LogP contribution in [0, 0.1) is 0 Å². The molecule has 35 heavy (non-hydrogen) atoms. The lowest BCUT2D eigenvalue weighted by Crippen LogP contribution is -2.79. The van der Waals surface area contributed by atoms with Gasteiger partial charge in [0.25, 0.3) is 0 Å². The fourth-order valence-electron chi connectivity index (χ4n) is 5.25. The highest BCUT2D eigenvalue weighted by Gasteiger charge is 2.54. The molecule has 0 fully saturated rings. The van der Waals surface area contributed by atoms with Crippen molar-refractivity contribution >= 4 is 53.5 Å². The summed E-state index contributed by atoms with van der Waals surface area (Å²) in [5.41, 5.74) is 0. The molecular weight excluding hydrogens is 477 g/mol. The highest BCUT2D eigenvalue weighted by molar-refractivity contribution is 7.99. The number of hydrogen-bond acceptors (Lipinski definition) is 2. The van der Waals surface area contributed by atoms with Crippen LogP contribution in [0.1, 0.15) is 0 Å². The maximum absolute atomic E-state index is 6.80. The summed E-state index contributed by atoms with van der Waals surface area (Å²) in [7, 11) is -2.90. The molecule has 1 atom stereocenters. The van der Waals surface area contributed by atoms with E-state index in [0.717, 1.165) is 0 Å². The largest absolute Gasteiger partial charge is 0.418 e. The molecule has 174 valence electrons. The molecule has 4 heteroatoms. The molecule has 5 aromatic carbocycles. The molecule has 0 saturated heterocycles. The monoisotopic (exact) mass is 506 g/mol. The van der Waals surface area contributed by atoms with Crippen LogP contribution in [-0.4, -0.2) is 22.5 Å². The summed E-state index contributed by atoms with van der Waals surface area (Å²) in [5, 5.41) is 6.85. The zero-order chi connectivity index (χ0) is 24.3. The van der Waals surface area contributed by atoms with Crippen LogP contribution in [0.5, 0.6) is 0 Å². The van der Waals surface area contributed by atoms with Crippen LogP contribution in [0.25, 0.3) is 10.8 Å². The number of benzene rings is 5. The molecule has 5 aromatic rings. The average molecular weight is 507 g/mol. The van der Waals surface area contributed by atoms with Crippen molar-refractivity contribution in [1.82, 2.24) is 0 Å². The topological polar surface area (TPSA) is 9.23 Å². The molecule has 5 rings (SSSR count). The van der Waals surface area contributed by atoms with E-state index in [0.29, 0.717) is 0 Å². The first-order valence-electron chi connectivity index (χ1n) is 12.0. The molecule has 1 nitrogen and oxygen atoms in total. The van der Waals surface area contributed by atoms with Gasteiger partial charge in [0, 0.05) is 16.9 Å². The Hall–Kier alpha value is -2.90.